The topological polar surface area (TPSA) is 135 Å². The summed E-state index contributed by atoms with van der Waals surface area (Å²) in [4.78, 5) is 32.0. The summed E-state index contributed by atoms with van der Waals surface area (Å²) < 4.78 is 0. The lowest BCUT2D eigenvalue weighted by Gasteiger charge is -2.08. The number of aromatic nitrogens is 1. The van der Waals surface area contributed by atoms with Crippen LogP contribution in [0.25, 0.3) is 26.7 Å². The van der Waals surface area contributed by atoms with E-state index in [0.29, 0.717) is 32.9 Å². The standard InChI is InChI=1S/C31H25N5O2S2/c1-17(2)19-11-8-18(9-12-19)10-13-23(37)20-5-3-6-21(15-20)35-30(38)28-27(33)26-25(24-7-4-14-39-24)22(16-32)29(34)36-31(26)40-28/h3-15,17H,33H2,1-2H3,(H2,34,36)(H,35,38)/b13-10+. The van der Waals surface area contributed by atoms with Gasteiger partial charge < -0.3 is 16.8 Å². The van der Waals surface area contributed by atoms with Crippen LogP contribution in [0.2, 0.25) is 0 Å². The Labute approximate surface area is 239 Å². The van der Waals surface area contributed by atoms with E-state index in [2.05, 4.69) is 42.4 Å². The number of nitrogens with zero attached hydrogens (tertiary/aromatic N) is 2. The molecule has 0 fully saturated rings. The maximum absolute atomic E-state index is 13.3. The van der Waals surface area contributed by atoms with Gasteiger partial charge in [-0.1, -0.05) is 62.4 Å². The molecule has 5 aromatic rings. The molecule has 0 bridgehead atoms. The lowest BCUT2D eigenvalue weighted by Crippen LogP contribution is -2.12. The monoisotopic (exact) mass is 563 g/mol. The van der Waals surface area contributed by atoms with Crippen molar-refractivity contribution in [2.45, 2.75) is 19.8 Å². The molecule has 198 valence electrons. The predicted molar refractivity (Wildman–Crippen MR) is 165 cm³/mol. The lowest BCUT2D eigenvalue weighted by molar-refractivity contribution is 0.102. The van der Waals surface area contributed by atoms with Gasteiger partial charge in [0.15, 0.2) is 5.78 Å². The molecule has 0 radical (unpaired) electrons. The second-order valence-corrected chi connectivity index (χ2v) is 11.4. The summed E-state index contributed by atoms with van der Waals surface area (Å²) in [7, 11) is 0. The number of nitriles is 1. The second-order valence-electron chi connectivity index (χ2n) is 9.42. The maximum atomic E-state index is 13.3. The van der Waals surface area contributed by atoms with Gasteiger partial charge in [0, 0.05) is 27.1 Å². The average molecular weight is 564 g/mol. The van der Waals surface area contributed by atoms with Gasteiger partial charge in [0.05, 0.1) is 5.69 Å². The summed E-state index contributed by atoms with van der Waals surface area (Å²) in [5.74, 6) is -0.107. The average Bonchev–Trinajstić information content (AvgIpc) is 3.59. The molecule has 0 spiro atoms. The summed E-state index contributed by atoms with van der Waals surface area (Å²) in [6.45, 7) is 4.27. The highest BCUT2D eigenvalue weighted by atomic mass is 32.1. The Hall–Kier alpha value is -4.78. The number of allylic oxidation sites excluding steroid dienone is 1. The first kappa shape index (κ1) is 26.8. The van der Waals surface area contributed by atoms with Gasteiger partial charge in [0.1, 0.15) is 27.2 Å². The molecule has 0 atom stereocenters. The summed E-state index contributed by atoms with van der Waals surface area (Å²) in [5.41, 5.74) is 16.6. The molecular weight excluding hydrogens is 539 g/mol. The van der Waals surface area contributed by atoms with Crippen molar-refractivity contribution < 1.29 is 9.59 Å². The molecule has 5 rings (SSSR count). The number of rotatable bonds is 7. The summed E-state index contributed by atoms with van der Waals surface area (Å²) in [6.07, 6.45) is 3.29. The van der Waals surface area contributed by atoms with Crippen LogP contribution >= 0.6 is 22.7 Å². The Balaban J connectivity index is 1.40. The van der Waals surface area contributed by atoms with Gasteiger partial charge in [-0.25, -0.2) is 4.98 Å². The molecule has 3 aromatic heterocycles. The van der Waals surface area contributed by atoms with E-state index in [1.54, 1.807) is 30.3 Å². The van der Waals surface area contributed by atoms with Crippen LogP contribution in [0.4, 0.5) is 17.2 Å². The number of benzene rings is 2. The molecule has 9 heteroatoms. The van der Waals surface area contributed by atoms with E-state index in [9.17, 15) is 14.9 Å². The van der Waals surface area contributed by atoms with Crippen LogP contribution in [0.15, 0.2) is 72.1 Å². The van der Waals surface area contributed by atoms with Gasteiger partial charge in [-0.15, -0.1) is 22.7 Å². The number of fused-ring (bicyclic) bond motifs is 1. The van der Waals surface area contributed by atoms with Gasteiger partial charge >= 0.3 is 0 Å². The smallest absolute Gasteiger partial charge is 0.267 e. The minimum atomic E-state index is -0.444. The zero-order valence-corrected chi connectivity index (χ0v) is 23.4. The van der Waals surface area contributed by atoms with Crippen LogP contribution in [-0.2, 0) is 0 Å². The van der Waals surface area contributed by atoms with Gasteiger partial charge in [-0.05, 0) is 46.7 Å². The number of thiophene rings is 2. The van der Waals surface area contributed by atoms with Gasteiger partial charge in [0.25, 0.3) is 5.91 Å². The molecular formula is C31H25N5O2S2. The van der Waals surface area contributed by atoms with E-state index >= 15 is 0 Å². The van der Waals surface area contributed by atoms with Crippen LogP contribution in [0.1, 0.15) is 56.5 Å². The molecule has 0 saturated carbocycles. The van der Waals surface area contributed by atoms with E-state index in [1.807, 2.05) is 29.6 Å². The fraction of sp³-hybridized carbons (Fsp3) is 0.0968. The van der Waals surface area contributed by atoms with Crippen molar-refractivity contribution >= 4 is 67.8 Å². The Bertz CT molecular complexity index is 1810. The fourth-order valence-electron chi connectivity index (χ4n) is 4.32. The van der Waals surface area contributed by atoms with Crippen LogP contribution in [0.3, 0.4) is 0 Å². The SMILES string of the molecule is CC(C)c1ccc(/C=C/C(=O)c2cccc(NC(=O)c3sc4nc(N)c(C#N)c(-c5cccs5)c4c3N)c2)cc1. The largest absolute Gasteiger partial charge is 0.397 e. The maximum Gasteiger partial charge on any atom is 0.267 e. The molecule has 0 aliphatic heterocycles. The number of nitrogens with one attached hydrogen (secondary N) is 1. The van der Waals surface area contributed by atoms with Gasteiger partial charge in [-0.2, -0.15) is 5.26 Å². The zero-order valence-electron chi connectivity index (χ0n) is 21.8. The van der Waals surface area contributed by atoms with Gasteiger partial charge in [0.2, 0.25) is 0 Å². The van der Waals surface area contributed by atoms with Crippen molar-refractivity contribution in [2.75, 3.05) is 16.8 Å². The van der Waals surface area contributed by atoms with Crippen molar-refractivity contribution in [3.63, 3.8) is 0 Å². The fourth-order valence-corrected chi connectivity index (χ4v) is 6.11. The first-order valence-electron chi connectivity index (χ1n) is 12.5. The van der Waals surface area contributed by atoms with Crippen molar-refractivity contribution in [1.82, 2.24) is 4.98 Å². The zero-order chi connectivity index (χ0) is 28.4. The Morgan fingerprint density at radius 2 is 1.85 bits per heavy atom. The number of hydrogen-bond acceptors (Lipinski definition) is 8. The van der Waals surface area contributed by atoms with E-state index in [-0.39, 0.29) is 27.7 Å². The van der Waals surface area contributed by atoms with Crippen molar-refractivity contribution in [2.24, 2.45) is 0 Å². The molecule has 0 aliphatic carbocycles. The second kappa shape index (κ2) is 11.1. The van der Waals surface area contributed by atoms with E-state index in [0.717, 1.165) is 21.8 Å². The number of hydrogen-bond donors (Lipinski definition) is 3. The Morgan fingerprint density at radius 3 is 2.52 bits per heavy atom. The molecule has 5 N–H and O–H groups in total. The number of ketones is 1. The van der Waals surface area contributed by atoms with Crippen molar-refractivity contribution in [3.8, 4) is 16.5 Å². The third-order valence-corrected chi connectivity index (χ3v) is 8.41. The van der Waals surface area contributed by atoms with Crippen LogP contribution in [0.5, 0.6) is 0 Å². The number of carbonyl (C=O) groups is 2. The van der Waals surface area contributed by atoms with Crippen LogP contribution in [-0.4, -0.2) is 16.7 Å². The third kappa shape index (κ3) is 5.23. The number of anilines is 3. The molecule has 7 nitrogen and oxygen atoms in total. The molecule has 0 saturated heterocycles. The van der Waals surface area contributed by atoms with E-state index < -0.39 is 5.91 Å². The Kier molecular flexibility index (Phi) is 7.47. The molecule has 2 aromatic carbocycles. The lowest BCUT2D eigenvalue weighted by atomic mass is 10.0. The highest BCUT2D eigenvalue weighted by Gasteiger charge is 2.25. The normalized spacial score (nSPS) is 11.2. The number of carbonyl (C=O) groups excluding carboxylic acids is 2. The van der Waals surface area contributed by atoms with Crippen LogP contribution in [0, 0.1) is 11.3 Å². The van der Waals surface area contributed by atoms with Crippen LogP contribution < -0.4 is 16.8 Å². The summed E-state index contributed by atoms with van der Waals surface area (Å²) >= 11 is 2.55. The minimum absolute atomic E-state index is 0.0849. The quantitative estimate of drug-likeness (QED) is 0.140. The molecule has 40 heavy (non-hydrogen) atoms. The van der Waals surface area contributed by atoms with E-state index in [4.69, 9.17) is 11.5 Å². The predicted octanol–water partition coefficient (Wildman–Crippen LogP) is 7.33. The molecule has 0 aliphatic rings. The number of pyridine rings is 1. The summed E-state index contributed by atoms with van der Waals surface area (Å²) in [6, 6.07) is 20.7. The third-order valence-electron chi connectivity index (χ3n) is 6.43. The Morgan fingerprint density at radius 1 is 1.07 bits per heavy atom. The van der Waals surface area contributed by atoms with Gasteiger partial charge in [-0.3, -0.25) is 9.59 Å². The number of nitrogen functional groups attached to an aromatic ring is 2. The molecule has 1 amide bonds. The number of nitrogens with two attached hydrogens (primary N) is 2. The highest BCUT2D eigenvalue weighted by Crippen LogP contribution is 2.44. The van der Waals surface area contributed by atoms with Crippen molar-refractivity contribution in [1.29, 1.82) is 5.26 Å². The van der Waals surface area contributed by atoms with Crippen molar-refractivity contribution in [3.05, 3.63) is 99.3 Å². The number of amides is 1. The first-order valence-corrected chi connectivity index (χ1v) is 14.2. The first-order chi connectivity index (χ1) is 19.3. The summed E-state index contributed by atoms with van der Waals surface area (Å²) in [5, 5.41) is 15.0. The minimum Gasteiger partial charge on any atom is -0.397 e. The molecule has 0 unspecified atom stereocenters. The molecule has 3 heterocycles. The highest BCUT2D eigenvalue weighted by molar-refractivity contribution is 7.21. The van der Waals surface area contributed by atoms with E-state index in [1.165, 1.54) is 23.0 Å².